The van der Waals surface area contributed by atoms with Crippen molar-refractivity contribution in [1.29, 1.82) is 0 Å². The summed E-state index contributed by atoms with van der Waals surface area (Å²) in [5, 5.41) is 4.59. The Morgan fingerprint density at radius 2 is 1.50 bits per heavy atom. The van der Waals surface area contributed by atoms with Crippen molar-refractivity contribution in [2.24, 2.45) is 5.92 Å². The topological polar surface area (TPSA) is 58.2 Å². The predicted molar refractivity (Wildman–Crippen MR) is 87.4 cm³/mol. The molecule has 4 nitrogen and oxygen atoms in total. The molecule has 2 N–H and O–H groups in total. The van der Waals surface area contributed by atoms with Gasteiger partial charge in [-0.3, -0.25) is 9.59 Å². The summed E-state index contributed by atoms with van der Waals surface area (Å²) >= 11 is 0. The van der Waals surface area contributed by atoms with Crippen LogP contribution in [0.5, 0.6) is 0 Å². The van der Waals surface area contributed by atoms with Crippen LogP contribution in [0.1, 0.15) is 24.2 Å². The highest BCUT2D eigenvalue weighted by Crippen LogP contribution is 2.16. The molecule has 0 saturated carbocycles. The molecule has 0 aromatic heterocycles. The molecule has 0 aliphatic rings. The molecular weight excluding hydrogens is 352 g/mol. The first-order valence-corrected chi connectivity index (χ1v) is 7.71. The van der Waals surface area contributed by atoms with E-state index < -0.39 is 52.6 Å². The van der Waals surface area contributed by atoms with Gasteiger partial charge in [0.25, 0.3) is 5.91 Å². The van der Waals surface area contributed by atoms with Crippen LogP contribution in [-0.4, -0.2) is 17.9 Å². The molecular formula is C18H16F4N2O2. The first-order chi connectivity index (χ1) is 12.2. The highest BCUT2D eigenvalue weighted by Gasteiger charge is 2.27. The molecule has 0 fully saturated rings. The first kappa shape index (κ1) is 19.4. The number of benzene rings is 2. The van der Waals surface area contributed by atoms with Crippen molar-refractivity contribution in [3.63, 3.8) is 0 Å². The lowest BCUT2D eigenvalue weighted by atomic mass is 10.0. The Morgan fingerprint density at radius 3 is 2.04 bits per heavy atom. The Bertz CT molecular complexity index is 820. The number of anilines is 1. The number of nitrogens with one attached hydrogen (secondary N) is 2. The Kier molecular flexibility index (Phi) is 5.97. The van der Waals surface area contributed by atoms with Gasteiger partial charge in [-0.25, -0.2) is 17.6 Å². The fourth-order valence-corrected chi connectivity index (χ4v) is 2.26. The van der Waals surface area contributed by atoms with Crippen molar-refractivity contribution in [2.75, 3.05) is 5.32 Å². The van der Waals surface area contributed by atoms with Gasteiger partial charge in [0.1, 0.15) is 23.2 Å². The molecule has 138 valence electrons. The minimum Gasteiger partial charge on any atom is -0.340 e. The van der Waals surface area contributed by atoms with Crippen molar-refractivity contribution in [2.45, 2.75) is 19.9 Å². The van der Waals surface area contributed by atoms with Gasteiger partial charge in [-0.1, -0.05) is 19.9 Å². The molecule has 0 radical (unpaired) electrons. The number of amides is 2. The quantitative estimate of drug-likeness (QED) is 0.792. The summed E-state index contributed by atoms with van der Waals surface area (Å²) in [6, 6.07) is 4.55. The van der Waals surface area contributed by atoms with Gasteiger partial charge >= 0.3 is 0 Å². The van der Waals surface area contributed by atoms with E-state index in [0.717, 1.165) is 36.4 Å². The molecule has 2 aromatic carbocycles. The number of halogens is 4. The third-order valence-corrected chi connectivity index (χ3v) is 3.61. The second-order valence-corrected chi connectivity index (χ2v) is 5.91. The second kappa shape index (κ2) is 7.99. The van der Waals surface area contributed by atoms with Gasteiger partial charge in [-0.15, -0.1) is 0 Å². The molecule has 1 unspecified atom stereocenters. The second-order valence-electron chi connectivity index (χ2n) is 5.91. The van der Waals surface area contributed by atoms with E-state index in [1.165, 1.54) is 0 Å². The lowest BCUT2D eigenvalue weighted by Gasteiger charge is -2.22. The molecule has 8 heteroatoms. The maximum atomic E-state index is 13.7. The molecule has 2 amide bonds. The van der Waals surface area contributed by atoms with Crippen LogP contribution in [0.25, 0.3) is 0 Å². The normalized spacial score (nSPS) is 12.0. The van der Waals surface area contributed by atoms with E-state index in [9.17, 15) is 27.2 Å². The van der Waals surface area contributed by atoms with E-state index in [0.29, 0.717) is 0 Å². The third-order valence-electron chi connectivity index (χ3n) is 3.61. The average molecular weight is 368 g/mol. The molecule has 0 heterocycles. The standard InChI is InChI=1S/C18H16F4N2O2/c1-9(2)16(18(26)23-10-6-7-11(19)14(22)8-10)24-17(25)15-12(20)4-3-5-13(15)21/h3-9,16H,1-2H3,(H,23,26)(H,24,25). The van der Waals surface area contributed by atoms with Crippen LogP contribution in [0.4, 0.5) is 23.2 Å². The molecule has 0 saturated heterocycles. The predicted octanol–water partition coefficient (Wildman–Crippen LogP) is 3.64. The molecule has 2 rings (SSSR count). The van der Waals surface area contributed by atoms with Crippen LogP contribution in [0.3, 0.4) is 0 Å². The van der Waals surface area contributed by atoms with Crippen molar-refractivity contribution < 1.29 is 27.2 Å². The largest absolute Gasteiger partial charge is 0.340 e. The Morgan fingerprint density at radius 1 is 0.885 bits per heavy atom. The van der Waals surface area contributed by atoms with Crippen LogP contribution >= 0.6 is 0 Å². The van der Waals surface area contributed by atoms with E-state index in [2.05, 4.69) is 10.6 Å². The minimum absolute atomic E-state index is 0.0223. The van der Waals surface area contributed by atoms with Gasteiger partial charge in [0.2, 0.25) is 5.91 Å². The lowest BCUT2D eigenvalue weighted by Crippen LogP contribution is -2.47. The van der Waals surface area contributed by atoms with Gasteiger partial charge in [-0.05, 0) is 30.2 Å². The first-order valence-electron chi connectivity index (χ1n) is 7.71. The van der Waals surface area contributed by atoms with Gasteiger partial charge in [0.05, 0.1) is 0 Å². The number of hydrogen-bond acceptors (Lipinski definition) is 2. The maximum absolute atomic E-state index is 13.7. The van der Waals surface area contributed by atoms with E-state index in [1.807, 2.05) is 0 Å². The lowest BCUT2D eigenvalue weighted by molar-refractivity contribution is -0.118. The number of hydrogen-bond donors (Lipinski definition) is 2. The molecule has 0 bridgehead atoms. The molecule has 2 aromatic rings. The molecule has 26 heavy (non-hydrogen) atoms. The van der Waals surface area contributed by atoms with E-state index in [1.54, 1.807) is 13.8 Å². The minimum atomic E-state index is -1.16. The van der Waals surface area contributed by atoms with Crippen LogP contribution in [0, 0.1) is 29.2 Å². The van der Waals surface area contributed by atoms with Crippen LogP contribution in [0.2, 0.25) is 0 Å². The molecule has 1 atom stereocenters. The van der Waals surface area contributed by atoms with Crippen molar-refractivity contribution in [1.82, 2.24) is 5.32 Å². The highest BCUT2D eigenvalue weighted by molar-refractivity contribution is 6.01. The Labute approximate surface area is 147 Å². The fraction of sp³-hybridized carbons (Fsp3) is 0.222. The fourth-order valence-electron chi connectivity index (χ4n) is 2.26. The molecule has 0 aliphatic carbocycles. The summed E-state index contributed by atoms with van der Waals surface area (Å²) in [4.78, 5) is 24.5. The average Bonchev–Trinajstić information content (AvgIpc) is 2.55. The van der Waals surface area contributed by atoms with Crippen LogP contribution < -0.4 is 10.6 Å². The SMILES string of the molecule is CC(C)C(NC(=O)c1c(F)cccc1F)C(=O)Nc1ccc(F)c(F)c1. The zero-order chi connectivity index (χ0) is 19.4. The van der Waals surface area contributed by atoms with Crippen molar-refractivity contribution in [3.05, 3.63) is 65.2 Å². The zero-order valence-electron chi connectivity index (χ0n) is 13.9. The maximum Gasteiger partial charge on any atom is 0.257 e. The van der Waals surface area contributed by atoms with Gasteiger partial charge < -0.3 is 10.6 Å². The molecule has 0 spiro atoms. The van der Waals surface area contributed by atoms with Gasteiger partial charge in [-0.2, -0.15) is 0 Å². The van der Waals surface area contributed by atoms with Crippen LogP contribution in [-0.2, 0) is 4.79 Å². The Hall–Kier alpha value is -2.90. The summed E-state index contributed by atoms with van der Waals surface area (Å²) in [6.45, 7) is 3.21. The summed E-state index contributed by atoms with van der Waals surface area (Å²) in [6.07, 6.45) is 0. The van der Waals surface area contributed by atoms with Crippen LogP contribution in [0.15, 0.2) is 36.4 Å². The van der Waals surface area contributed by atoms with Crippen molar-refractivity contribution >= 4 is 17.5 Å². The van der Waals surface area contributed by atoms with Gasteiger partial charge in [0, 0.05) is 11.8 Å². The van der Waals surface area contributed by atoms with Crippen molar-refractivity contribution in [3.8, 4) is 0 Å². The monoisotopic (exact) mass is 368 g/mol. The summed E-state index contributed by atoms with van der Waals surface area (Å²) in [5.41, 5.74) is -0.829. The summed E-state index contributed by atoms with van der Waals surface area (Å²) in [5.74, 6) is -6.64. The number of rotatable bonds is 5. The smallest absolute Gasteiger partial charge is 0.257 e. The van der Waals surface area contributed by atoms with E-state index in [-0.39, 0.29) is 5.69 Å². The van der Waals surface area contributed by atoms with Gasteiger partial charge in [0.15, 0.2) is 11.6 Å². The summed E-state index contributed by atoms with van der Waals surface area (Å²) in [7, 11) is 0. The Balaban J connectivity index is 2.18. The summed E-state index contributed by atoms with van der Waals surface area (Å²) < 4.78 is 53.6. The number of carbonyl (C=O) groups excluding carboxylic acids is 2. The van der Waals surface area contributed by atoms with E-state index >= 15 is 0 Å². The highest BCUT2D eigenvalue weighted by atomic mass is 19.2. The number of carbonyl (C=O) groups is 2. The third kappa shape index (κ3) is 4.38. The zero-order valence-corrected chi connectivity index (χ0v) is 13.9. The van der Waals surface area contributed by atoms with E-state index in [4.69, 9.17) is 0 Å². The molecule has 0 aliphatic heterocycles.